The number of alkyl carbamates (subject to hydrolysis) is 1. The van der Waals surface area contributed by atoms with E-state index < -0.39 is 99.9 Å². The Morgan fingerprint density at radius 1 is 0.617 bits per heavy atom. The van der Waals surface area contributed by atoms with Crippen molar-refractivity contribution in [1.82, 2.24) is 31.3 Å². The number of guanidine groups is 1. The van der Waals surface area contributed by atoms with Crippen LogP contribution in [0.25, 0.3) is 0 Å². The van der Waals surface area contributed by atoms with Crippen LogP contribution in [-0.2, 0) is 72.6 Å². The minimum Gasteiger partial charge on any atom is -0.508 e. The number of phenolic OH excluding ortho intramolecular Hbond substituents is 1. The first-order valence-corrected chi connectivity index (χ1v) is 28.4. The second-order valence-corrected chi connectivity index (χ2v) is 23.4. The molecule has 9 N–H and O–H groups in total. The van der Waals surface area contributed by atoms with Crippen molar-refractivity contribution in [1.29, 1.82) is 0 Å². The Morgan fingerprint density at radius 2 is 1.09 bits per heavy atom. The van der Waals surface area contributed by atoms with Gasteiger partial charge in [0.1, 0.15) is 54.8 Å². The lowest BCUT2D eigenvalue weighted by Crippen LogP contribution is -2.59. The summed E-state index contributed by atoms with van der Waals surface area (Å²) in [6, 6.07) is 20.0. The van der Waals surface area contributed by atoms with Gasteiger partial charge in [0.15, 0.2) is 0 Å². The third kappa shape index (κ3) is 23.3. The molecule has 81 heavy (non-hydrogen) atoms. The Morgan fingerprint density at radius 3 is 1.62 bits per heavy atom. The van der Waals surface area contributed by atoms with E-state index >= 15 is 0 Å². The highest BCUT2D eigenvalue weighted by molar-refractivity contribution is 7.90. The van der Waals surface area contributed by atoms with Gasteiger partial charge in [0.25, 0.3) is 10.0 Å². The van der Waals surface area contributed by atoms with Crippen molar-refractivity contribution in [2.75, 3.05) is 6.54 Å². The summed E-state index contributed by atoms with van der Waals surface area (Å²) in [6.07, 6.45) is -1.74. The maximum absolute atomic E-state index is 14.6. The van der Waals surface area contributed by atoms with Gasteiger partial charge >= 0.3 is 18.0 Å². The van der Waals surface area contributed by atoms with Crippen LogP contribution >= 0.6 is 0 Å². The quantitative estimate of drug-likeness (QED) is 0.0111. The average Bonchev–Trinajstić information content (AvgIpc) is 3.40. The molecular weight excluding hydrogens is 1060 g/mol. The van der Waals surface area contributed by atoms with Crippen LogP contribution in [0.3, 0.4) is 0 Å². The number of aryl methyl sites for hydroxylation is 3. The number of carbonyl (C=O) groups excluding carboxylic acids is 7. The molecular formula is C59H80N8O13S. The van der Waals surface area contributed by atoms with E-state index in [0.717, 1.165) is 5.56 Å². The number of hydrogen-bond donors (Lipinski definition) is 8. The van der Waals surface area contributed by atoms with E-state index in [1.54, 1.807) is 133 Å². The molecule has 0 fully saturated rings. The predicted molar refractivity (Wildman–Crippen MR) is 305 cm³/mol. The molecule has 22 heteroatoms. The van der Waals surface area contributed by atoms with Crippen molar-refractivity contribution in [3.63, 3.8) is 0 Å². The molecule has 0 unspecified atom stereocenters. The number of benzene rings is 4. The number of sulfonamides is 1. The first-order valence-electron chi connectivity index (χ1n) is 26.9. The van der Waals surface area contributed by atoms with Crippen molar-refractivity contribution in [2.24, 2.45) is 22.6 Å². The van der Waals surface area contributed by atoms with Crippen molar-refractivity contribution in [3.05, 3.63) is 130 Å². The average molecular weight is 1140 g/mol. The number of phenols is 1. The smallest absolute Gasteiger partial charge is 0.408 e. The van der Waals surface area contributed by atoms with Gasteiger partial charge in [0.05, 0.1) is 11.3 Å². The zero-order valence-electron chi connectivity index (χ0n) is 47.9. The Labute approximate surface area is 475 Å². The molecule has 0 bridgehead atoms. The Bertz CT molecular complexity index is 2890. The normalized spacial score (nSPS) is 13.6. The lowest BCUT2D eigenvalue weighted by atomic mass is 10.0. The third-order valence-electron chi connectivity index (χ3n) is 12.2. The number of nitrogens with two attached hydrogens (primary N) is 1. The summed E-state index contributed by atoms with van der Waals surface area (Å²) in [7, 11) is -4.17. The Hall–Kier alpha value is -8.01. The summed E-state index contributed by atoms with van der Waals surface area (Å²) in [5, 5.41) is 23.2. The fraction of sp³-hybridized carbons (Fsp3) is 0.458. The topological polar surface area (TPSA) is 312 Å². The molecule has 5 atom stereocenters. The Kier molecular flexibility index (Phi) is 25.2. The van der Waals surface area contributed by atoms with Crippen molar-refractivity contribution < 1.29 is 61.3 Å². The number of nitrogens with zero attached hydrogens (tertiary/aromatic N) is 1. The highest BCUT2D eigenvalue weighted by Crippen LogP contribution is 2.22. The summed E-state index contributed by atoms with van der Waals surface area (Å²) in [6.45, 7) is 16.9. The lowest BCUT2D eigenvalue weighted by molar-refractivity contribution is -0.149. The predicted octanol–water partition coefficient (Wildman–Crippen LogP) is 5.73. The largest absolute Gasteiger partial charge is 0.508 e. The third-order valence-corrected chi connectivity index (χ3v) is 13.8. The zero-order valence-corrected chi connectivity index (χ0v) is 48.7. The fourth-order valence-electron chi connectivity index (χ4n) is 8.58. The molecule has 5 amide bonds. The van der Waals surface area contributed by atoms with E-state index in [-0.39, 0.29) is 74.3 Å². The van der Waals surface area contributed by atoms with Crippen LogP contribution in [0.15, 0.2) is 107 Å². The van der Waals surface area contributed by atoms with Crippen LogP contribution in [-0.4, -0.2) is 103 Å². The summed E-state index contributed by atoms with van der Waals surface area (Å²) in [5.74, 6) is -6.07. The Balaban J connectivity index is 1.67. The number of amides is 5. The summed E-state index contributed by atoms with van der Waals surface area (Å²) in [5.41, 5.74) is 8.94. The van der Waals surface area contributed by atoms with Crippen molar-refractivity contribution in [2.45, 2.75) is 162 Å². The van der Waals surface area contributed by atoms with Gasteiger partial charge in [-0.15, -0.1) is 0 Å². The highest BCUT2D eigenvalue weighted by Gasteiger charge is 2.35. The molecule has 0 aromatic heterocycles. The van der Waals surface area contributed by atoms with Gasteiger partial charge in [-0.2, -0.15) is 0 Å². The monoisotopic (exact) mass is 1140 g/mol. The van der Waals surface area contributed by atoms with Crippen LogP contribution in [0, 0.1) is 32.6 Å². The molecule has 0 spiro atoms. The molecule has 0 aliphatic rings. The van der Waals surface area contributed by atoms with E-state index in [1.165, 1.54) is 12.1 Å². The molecule has 4 rings (SSSR count). The molecule has 0 heterocycles. The van der Waals surface area contributed by atoms with Gasteiger partial charge in [0, 0.05) is 13.0 Å². The van der Waals surface area contributed by atoms with Crippen LogP contribution in [0.4, 0.5) is 4.79 Å². The molecule has 0 aliphatic heterocycles. The SMILES string of the molecule is Cc1cc(C)c(S(=O)(=O)NC(N)=NCCC[C@H](NC(=O)[C@H](CC(C)C)NC(=O)[C@@H](CC(=O)OCc2ccccc2)NC(=O)[C@@H](CC(C)C)NC(=O)OC(C)(C)C)C(=O)N[C@@H](Cc2ccc(O)cc2)C(=O)OCc2ccccc2)c(C)c1. The first-order chi connectivity index (χ1) is 38.1. The lowest BCUT2D eigenvalue weighted by Gasteiger charge is -2.28. The molecule has 4 aromatic rings. The van der Waals surface area contributed by atoms with Gasteiger partial charge in [-0.05, 0) is 119 Å². The van der Waals surface area contributed by atoms with Gasteiger partial charge < -0.3 is 51.6 Å². The minimum atomic E-state index is -4.17. The maximum atomic E-state index is 14.6. The second-order valence-electron chi connectivity index (χ2n) is 21.8. The number of esters is 2. The van der Waals surface area contributed by atoms with Crippen LogP contribution in [0.2, 0.25) is 0 Å². The summed E-state index contributed by atoms with van der Waals surface area (Å²) >= 11 is 0. The van der Waals surface area contributed by atoms with E-state index in [1.807, 2.05) is 20.8 Å². The summed E-state index contributed by atoms with van der Waals surface area (Å²) < 4.78 is 45.8. The van der Waals surface area contributed by atoms with E-state index in [0.29, 0.717) is 27.8 Å². The van der Waals surface area contributed by atoms with Crippen LogP contribution in [0.5, 0.6) is 5.75 Å². The number of nitrogens with one attached hydrogen (secondary N) is 6. The summed E-state index contributed by atoms with van der Waals surface area (Å²) in [4.78, 5) is 102. The maximum Gasteiger partial charge on any atom is 0.408 e. The van der Waals surface area contributed by atoms with Crippen molar-refractivity contribution in [3.8, 4) is 5.75 Å². The molecule has 0 aliphatic carbocycles. The number of hydrogen-bond acceptors (Lipinski definition) is 14. The number of aromatic hydroxyl groups is 1. The number of ether oxygens (including phenoxy) is 3. The first kappa shape index (κ1) is 65.5. The van der Waals surface area contributed by atoms with E-state index in [2.05, 4.69) is 36.3 Å². The van der Waals surface area contributed by atoms with E-state index in [9.17, 15) is 47.1 Å². The van der Waals surface area contributed by atoms with Gasteiger partial charge in [-0.25, -0.2) is 22.7 Å². The van der Waals surface area contributed by atoms with E-state index in [4.69, 9.17) is 19.9 Å². The molecule has 0 radical (unpaired) electrons. The zero-order chi connectivity index (χ0) is 60.0. The van der Waals surface area contributed by atoms with Gasteiger partial charge in [0.2, 0.25) is 29.6 Å². The van der Waals surface area contributed by atoms with Crippen molar-refractivity contribution >= 4 is 57.6 Å². The molecule has 0 saturated carbocycles. The second kappa shape index (κ2) is 31.1. The molecule has 4 aromatic carbocycles. The van der Waals surface area contributed by atoms with Crippen LogP contribution in [0.1, 0.15) is 114 Å². The molecule has 0 saturated heterocycles. The van der Waals surface area contributed by atoms with Gasteiger partial charge in [-0.3, -0.25) is 29.0 Å². The van der Waals surface area contributed by atoms with Crippen LogP contribution < -0.4 is 37.0 Å². The minimum absolute atomic E-state index is 0.0136. The highest BCUT2D eigenvalue weighted by atomic mass is 32.2. The molecule has 440 valence electrons. The number of aliphatic imine (C=N–C) groups is 1. The number of carbonyl (C=O) groups is 7. The fourth-order valence-corrected chi connectivity index (χ4v) is 9.99. The number of rotatable bonds is 28. The molecule has 21 nitrogen and oxygen atoms in total. The standard InChI is InChI=1S/C59H80N8O13S/c1-36(2)28-46(63-55(73)48(33-50(69)78-34-42-18-13-11-14-19-42)64-54(72)47(29-37(3)4)66-58(75)80-59(8,9)10)53(71)62-45(22-17-27-61-57(60)67-81(76,77)51-39(6)30-38(5)31-40(51)7)52(70)65-49(32-41-23-25-44(68)26-24-41)56(74)79-35-43-20-15-12-16-21-43/h11-16,18-21,23-26,30-31,36-37,45-49,68H,17,22,27-29,32-35H2,1-10H3,(H,62,71)(H,63,73)(H,64,72)(H,65,70)(H,66,75)(H3,60,61,67)/t45-,46-,47+,48+,49-/m0/s1. The van der Waals surface area contributed by atoms with Gasteiger partial charge in [-0.1, -0.05) is 118 Å².